The molecule has 1 aromatic heterocycles. The number of hydrogen-bond acceptors (Lipinski definition) is 2. The molecule has 2 rings (SSSR count). The molecule has 0 aliphatic rings. The van der Waals surface area contributed by atoms with Crippen molar-refractivity contribution in [3.8, 4) is 0 Å². The first kappa shape index (κ1) is 15.2. The molecule has 0 amide bonds. The Morgan fingerprint density at radius 1 is 1.35 bits per heavy atom. The van der Waals surface area contributed by atoms with Crippen LogP contribution in [0, 0.1) is 19.7 Å². The molecule has 2 aromatic rings. The monoisotopic (exact) mass is 340 g/mol. The minimum atomic E-state index is -0.618. The van der Waals surface area contributed by atoms with E-state index in [-0.39, 0.29) is 5.82 Å². The molecule has 0 fully saturated rings. The molecule has 0 radical (unpaired) electrons. The topological polar surface area (TPSA) is 38.0 Å². The predicted octanol–water partition coefficient (Wildman–Crippen LogP) is 3.08. The van der Waals surface area contributed by atoms with Gasteiger partial charge < -0.3 is 5.11 Å². The van der Waals surface area contributed by atoms with E-state index in [4.69, 9.17) is 0 Å². The third-order valence-electron chi connectivity index (χ3n) is 3.57. The zero-order valence-electron chi connectivity index (χ0n) is 11.8. The van der Waals surface area contributed by atoms with E-state index in [1.807, 2.05) is 20.9 Å². The highest BCUT2D eigenvalue weighted by atomic mass is 79.9. The number of aryl methyl sites for hydroxylation is 2. The van der Waals surface area contributed by atoms with Crippen molar-refractivity contribution in [3.05, 3.63) is 51.0 Å². The van der Waals surface area contributed by atoms with Gasteiger partial charge in [-0.15, -0.1) is 0 Å². The second-order valence-electron chi connectivity index (χ2n) is 5.07. The number of aromatic nitrogens is 2. The van der Waals surface area contributed by atoms with Gasteiger partial charge in [0, 0.05) is 30.1 Å². The van der Waals surface area contributed by atoms with E-state index in [2.05, 4.69) is 21.0 Å². The second-order valence-corrected chi connectivity index (χ2v) is 5.99. The van der Waals surface area contributed by atoms with E-state index in [1.54, 1.807) is 16.8 Å². The molecule has 0 aliphatic heterocycles. The molecule has 0 bridgehead atoms. The van der Waals surface area contributed by atoms with Gasteiger partial charge in [0.05, 0.1) is 11.8 Å². The highest BCUT2D eigenvalue weighted by Gasteiger charge is 2.16. The van der Waals surface area contributed by atoms with E-state index in [0.717, 1.165) is 17.0 Å². The molecule has 1 unspecified atom stereocenters. The summed E-state index contributed by atoms with van der Waals surface area (Å²) in [4.78, 5) is 0. The van der Waals surface area contributed by atoms with E-state index in [1.165, 1.54) is 6.07 Å². The van der Waals surface area contributed by atoms with E-state index in [0.29, 0.717) is 22.9 Å². The third-order valence-corrected chi connectivity index (χ3v) is 4.06. The highest BCUT2D eigenvalue weighted by molar-refractivity contribution is 9.10. The van der Waals surface area contributed by atoms with Crippen molar-refractivity contribution < 1.29 is 9.50 Å². The molecule has 0 saturated carbocycles. The first-order valence-corrected chi connectivity index (χ1v) is 7.29. The summed E-state index contributed by atoms with van der Waals surface area (Å²) in [7, 11) is 1.88. The maximum Gasteiger partial charge on any atom is 0.127 e. The first-order chi connectivity index (χ1) is 9.38. The predicted molar refractivity (Wildman–Crippen MR) is 80.2 cm³/mol. The number of halogens is 2. The van der Waals surface area contributed by atoms with E-state index >= 15 is 0 Å². The summed E-state index contributed by atoms with van der Waals surface area (Å²) in [5, 5.41) is 14.5. The van der Waals surface area contributed by atoms with Crippen LogP contribution in [-0.4, -0.2) is 21.0 Å². The lowest BCUT2D eigenvalue weighted by molar-refractivity contribution is 0.173. The number of nitrogens with zero attached hydrogens (tertiary/aromatic N) is 2. The van der Waals surface area contributed by atoms with Gasteiger partial charge in [-0.25, -0.2) is 4.39 Å². The molecule has 5 heteroatoms. The number of rotatable bonds is 4. The summed E-state index contributed by atoms with van der Waals surface area (Å²) in [6, 6.07) is 4.90. The maximum absolute atomic E-state index is 13.8. The van der Waals surface area contributed by atoms with Crippen molar-refractivity contribution in [1.29, 1.82) is 0 Å². The average Bonchev–Trinajstić information content (AvgIpc) is 2.60. The van der Waals surface area contributed by atoms with Gasteiger partial charge in [0.25, 0.3) is 0 Å². The molecule has 1 heterocycles. The number of hydrogen-bond donors (Lipinski definition) is 1. The lowest BCUT2D eigenvalue weighted by Gasteiger charge is -2.12. The standard InChI is InChI=1S/C15H18BrFN2O/c1-9-14(10(2)19(3)18-9)8-13(20)6-11-4-5-12(16)7-15(11)17/h4-5,7,13,20H,6,8H2,1-3H3. The average molecular weight is 341 g/mol. The first-order valence-electron chi connectivity index (χ1n) is 6.49. The van der Waals surface area contributed by atoms with Crippen LogP contribution in [0.2, 0.25) is 0 Å². The van der Waals surface area contributed by atoms with Crippen LogP contribution < -0.4 is 0 Å². The lowest BCUT2D eigenvalue weighted by atomic mass is 10.00. The van der Waals surface area contributed by atoms with Crippen LogP contribution in [-0.2, 0) is 19.9 Å². The van der Waals surface area contributed by atoms with Crippen LogP contribution in [0.1, 0.15) is 22.5 Å². The maximum atomic E-state index is 13.8. The van der Waals surface area contributed by atoms with Crippen LogP contribution in [0.4, 0.5) is 4.39 Å². The summed E-state index contributed by atoms with van der Waals surface area (Å²) in [5.74, 6) is -0.293. The molecule has 1 N–H and O–H groups in total. The molecular weight excluding hydrogens is 323 g/mol. The number of aliphatic hydroxyl groups excluding tert-OH is 1. The van der Waals surface area contributed by atoms with Gasteiger partial charge in [-0.2, -0.15) is 5.10 Å². The van der Waals surface area contributed by atoms with Gasteiger partial charge in [0.15, 0.2) is 0 Å². The fourth-order valence-electron chi connectivity index (χ4n) is 2.36. The summed E-state index contributed by atoms with van der Waals surface area (Å²) in [6.45, 7) is 3.90. The Morgan fingerprint density at radius 2 is 2.05 bits per heavy atom. The number of aliphatic hydroxyl groups is 1. The fourth-order valence-corrected chi connectivity index (χ4v) is 2.69. The molecule has 108 valence electrons. The Labute approximate surface area is 126 Å². The van der Waals surface area contributed by atoms with Crippen molar-refractivity contribution in [1.82, 2.24) is 9.78 Å². The van der Waals surface area contributed by atoms with Crippen molar-refractivity contribution in [2.45, 2.75) is 32.8 Å². The highest BCUT2D eigenvalue weighted by Crippen LogP contribution is 2.19. The summed E-state index contributed by atoms with van der Waals surface area (Å²) >= 11 is 3.22. The minimum Gasteiger partial charge on any atom is -0.392 e. The Hall–Kier alpha value is -1.20. The van der Waals surface area contributed by atoms with Crippen LogP contribution >= 0.6 is 15.9 Å². The van der Waals surface area contributed by atoms with Crippen LogP contribution in [0.5, 0.6) is 0 Å². The quantitative estimate of drug-likeness (QED) is 0.928. The molecule has 3 nitrogen and oxygen atoms in total. The van der Waals surface area contributed by atoms with Gasteiger partial charge >= 0.3 is 0 Å². The zero-order valence-corrected chi connectivity index (χ0v) is 13.4. The summed E-state index contributed by atoms with van der Waals surface area (Å²) in [5.41, 5.74) is 3.52. The van der Waals surface area contributed by atoms with E-state index in [9.17, 15) is 9.50 Å². The third kappa shape index (κ3) is 3.27. The van der Waals surface area contributed by atoms with Crippen molar-refractivity contribution in [3.63, 3.8) is 0 Å². The molecule has 0 aliphatic carbocycles. The van der Waals surface area contributed by atoms with Gasteiger partial charge in [0.2, 0.25) is 0 Å². The Kier molecular flexibility index (Phi) is 4.60. The van der Waals surface area contributed by atoms with E-state index < -0.39 is 6.10 Å². The normalized spacial score (nSPS) is 12.7. The van der Waals surface area contributed by atoms with Crippen LogP contribution in [0.25, 0.3) is 0 Å². The van der Waals surface area contributed by atoms with Gasteiger partial charge in [-0.1, -0.05) is 22.0 Å². The second kappa shape index (κ2) is 6.06. The van der Waals surface area contributed by atoms with Gasteiger partial charge in [-0.3, -0.25) is 4.68 Å². The summed E-state index contributed by atoms with van der Waals surface area (Å²) in [6.07, 6.45) is 0.167. The van der Waals surface area contributed by atoms with Crippen molar-refractivity contribution in [2.75, 3.05) is 0 Å². The van der Waals surface area contributed by atoms with Crippen molar-refractivity contribution >= 4 is 15.9 Å². The minimum absolute atomic E-state index is 0.293. The molecule has 0 spiro atoms. The smallest absolute Gasteiger partial charge is 0.127 e. The Bertz CT molecular complexity index is 625. The molecule has 20 heavy (non-hydrogen) atoms. The summed E-state index contributed by atoms with van der Waals surface area (Å²) < 4.78 is 16.3. The number of benzene rings is 1. The zero-order chi connectivity index (χ0) is 14.9. The molecule has 0 saturated heterocycles. The Balaban J connectivity index is 2.11. The largest absolute Gasteiger partial charge is 0.392 e. The molecule has 1 atom stereocenters. The molecule has 1 aromatic carbocycles. The van der Waals surface area contributed by atoms with Crippen LogP contribution in [0.3, 0.4) is 0 Å². The van der Waals surface area contributed by atoms with Gasteiger partial charge in [-0.05, 0) is 37.1 Å². The fraction of sp³-hybridized carbons (Fsp3) is 0.400. The van der Waals surface area contributed by atoms with Crippen LogP contribution in [0.15, 0.2) is 22.7 Å². The lowest BCUT2D eigenvalue weighted by Crippen LogP contribution is -2.16. The Morgan fingerprint density at radius 3 is 2.60 bits per heavy atom. The van der Waals surface area contributed by atoms with Gasteiger partial charge in [0.1, 0.15) is 5.82 Å². The SMILES string of the molecule is Cc1nn(C)c(C)c1CC(O)Cc1ccc(Br)cc1F. The molecular formula is C15H18BrFN2O. The van der Waals surface area contributed by atoms with Crippen molar-refractivity contribution in [2.24, 2.45) is 7.05 Å².